The topological polar surface area (TPSA) is 38.0 Å². The molecule has 2 nitrogen and oxygen atoms in total. The van der Waals surface area contributed by atoms with Gasteiger partial charge in [0.25, 0.3) is 0 Å². The molecular formula is C14H20F2N2. The Morgan fingerprint density at radius 1 is 1.22 bits per heavy atom. The van der Waals surface area contributed by atoms with Crippen LogP contribution in [0.5, 0.6) is 0 Å². The minimum atomic E-state index is -0.421. The van der Waals surface area contributed by atoms with Crippen molar-refractivity contribution in [3.05, 3.63) is 35.4 Å². The van der Waals surface area contributed by atoms with Crippen LogP contribution >= 0.6 is 0 Å². The highest BCUT2D eigenvalue weighted by molar-refractivity contribution is 5.22. The van der Waals surface area contributed by atoms with E-state index in [1.54, 1.807) is 0 Å². The zero-order valence-electron chi connectivity index (χ0n) is 10.5. The molecule has 2 rings (SSSR count). The van der Waals surface area contributed by atoms with E-state index in [-0.39, 0.29) is 12.6 Å². The van der Waals surface area contributed by atoms with Gasteiger partial charge in [0.2, 0.25) is 0 Å². The molecule has 18 heavy (non-hydrogen) atoms. The second-order valence-electron chi connectivity index (χ2n) is 4.96. The molecule has 0 aliphatic heterocycles. The number of halogens is 2. The maximum absolute atomic E-state index is 13.7. The van der Waals surface area contributed by atoms with E-state index in [1.165, 1.54) is 25.3 Å². The summed E-state index contributed by atoms with van der Waals surface area (Å²) >= 11 is 0. The van der Waals surface area contributed by atoms with E-state index in [9.17, 15) is 8.78 Å². The quantitative estimate of drug-likeness (QED) is 0.867. The van der Waals surface area contributed by atoms with Crippen LogP contribution in [0.4, 0.5) is 8.78 Å². The van der Waals surface area contributed by atoms with Gasteiger partial charge in [0.15, 0.2) is 0 Å². The van der Waals surface area contributed by atoms with Crippen molar-refractivity contribution in [1.82, 2.24) is 5.32 Å². The number of nitrogens with one attached hydrogen (secondary N) is 1. The summed E-state index contributed by atoms with van der Waals surface area (Å²) in [6.45, 7) is 0.275. The minimum Gasteiger partial charge on any atom is -0.329 e. The molecule has 3 N–H and O–H groups in total. The summed E-state index contributed by atoms with van der Waals surface area (Å²) in [6, 6.07) is 3.60. The SMILES string of the molecule is NCC(NC1CCCCC1)c1cc(F)ccc1F. The van der Waals surface area contributed by atoms with Gasteiger partial charge in [0.1, 0.15) is 11.6 Å². The zero-order chi connectivity index (χ0) is 13.0. The number of hydrogen-bond donors (Lipinski definition) is 2. The van der Waals surface area contributed by atoms with E-state index in [0.29, 0.717) is 11.6 Å². The lowest BCUT2D eigenvalue weighted by atomic mass is 9.94. The van der Waals surface area contributed by atoms with Crippen molar-refractivity contribution in [2.75, 3.05) is 6.54 Å². The number of nitrogens with two attached hydrogens (primary N) is 1. The number of rotatable bonds is 4. The highest BCUT2D eigenvalue weighted by Crippen LogP contribution is 2.23. The Hall–Kier alpha value is -1.00. The Morgan fingerprint density at radius 2 is 1.94 bits per heavy atom. The molecule has 1 atom stereocenters. The summed E-state index contributed by atoms with van der Waals surface area (Å²) in [7, 11) is 0. The van der Waals surface area contributed by atoms with E-state index in [0.717, 1.165) is 25.0 Å². The molecule has 1 saturated carbocycles. The minimum absolute atomic E-state index is 0.275. The van der Waals surface area contributed by atoms with Crippen LogP contribution in [0.3, 0.4) is 0 Å². The molecule has 0 spiro atoms. The van der Waals surface area contributed by atoms with Crippen LogP contribution in [0.2, 0.25) is 0 Å². The summed E-state index contributed by atoms with van der Waals surface area (Å²) < 4.78 is 26.9. The molecule has 1 aromatic carbocycles. The Labute approximate surface area is 107 Å². The Balaban J connectivity index is 2.09. The average Bonchev–Trinajstić information content (AvgIpc) is 2.40. The fourth-order valence-electron chi connectivity index (χ4n) is 2.62. The standard InChI is InChI=1S/C14H20F2N2/c15-10-6-7-13(16)12(8-10)14(9-17)18-11-4-2-1-3-5-11/h6-8,11,14,18H,1-5,9,17H2. The predicted octanol–water partition coefficient (Wildman–Crippen LogP) is 2.89. The zero-order valence-corrected chi connectivity index (χ0v) is 10.5. The van der Waals surface area contributed by atoms with Crippen molar-refractivity contribution in [3.63, 3.8) is 0 Å². The number of hydrogen-bond acceptors (Lipinski definition) is 2. The lowest BCUT2D eigenvalue weighted by Gasteiger charge is -2.28. The van der Waals surface area contributed by atoms with Crippen LogP contribution in [0, 0.1) is 11.6 Å². The molecule has 1 aromatic rings. The average molecular weight is 254 g/mol. The van der Waals surface area contributed by atoms with E-state index in [4.69, 9.17) is 5.73 Å². The molecule has 0 aromatic heterocycles. The van der Waals surface area contributed by atoms with Crippen molar-refractivity contribution in [2.45, 2.75) is 44.2 Å². The van der Waals surface area contributed by atoms with Gasteiger partial charge in [-0.2, -0.15) is 0 Å². The van der Waals surface area contributed by atoms with E-state index >= 15 is 0 Å². The summed E-state index contributed by atoms with van der Waals surface area (Å²) in [6.07, 6.45) is 5.84. The first-order chi connectivity index (χ1) is 8.70. The van der Waals surface area contributed by atoms with Crippen LogP contribution in [0.25, 0.3) is 0 Å². The Bertz CT molecular complexity index is 389. The van der Waals surface area contributed by atoms with Gasteiger partial charge in [-0.15, -0.1) is 0 Å². The third-order valence-electron chi connectivity index (χ3n) is 3.61. The monoisotopic (exact) mass is 254 g/mol. The molecule has 0 heterocycles. The molecule has 0 radical (unpaired) electrons. The molecule has 1 unspecified atom stereocenters. The van der Waals surface area contributed by atoms with E-state index < -0.39 is 11.6 Å². The highest BCUT2D eigenvalue weighted by Gasteiger charge is 2.20. The smallest absolute Gasteiger partial charge is 0.128 e. The van der Waals surface area contributed by atoms with Crippen molar-refractivity contribution >= 4 is 0 Å². The van der Waals surface area contributed by atoms with Crippen molar-refractivity contribution in [1.29, 1.82) is 0 Å². The first-order valence-corrected chi connectivity index (χ1v) is 6.62. The van der Waals surface area contributed by atoms with Crippen molar-refractivity contribution in [3.8, 4) is 0 Å². The maximum Gasteiger partial charge on any atom is 0.128 e. The fraction of sp³-hybridized carbons (Fsp3) is 0.571. The summed E-state index contributed by atoms with van der Waals surface area (Å²) in [5.74, 6) is -0.814. The third-order valence-corrected chi connectivity index (χ3v) is 3.61. The second kappa shape index (κ2) is 6.25. The van der Waals surface area contributed by atoms with Gasteiger partial charge in [-0.25, -0.2) is 8.78 Å². The van der Waals surface area contributed by atoms with Gasteiger partial charge < -0.3 is 11.1 Å². The highest BCUT2D eigenvalue weighted by atomic mass is 19.1. The molecule has 0 saturated heterocycles. The van der Waals surface area contributed by atoms with Crippen LogP contribution in [0.15, 0.2) is 18.2 Å². The summed E-state index contributed by atoms with van der Waals surface area (Å²) in [4.78, 5) is 0. The van der Waals surface area contributed by atoms with E-state index in [1.807, 2.05) is 0 Å². The van der Waals surface area contributed by atoms with E-state index in [2.05, 4.69) is 5.32 Å². The summed E-state index contributed by atoms with van der Waals surface area (Å²) in [5.41, 5.74) is 6.03. The Kier molecular flexibility index (Phi) is 4.66. The predicted molar refractivity (Wildman–Crippen MR) is 68.2 cm³/mol. The van der Waals surface area contributed by atoms with Gasteiger partial charge >= 0.3 is 0 Å². The van der Waals surface area contributed by atoms with Gasteiger partial charge in [-0.3, -0.25) is 0 Å². The lowest BCUT2D eigenvalue weighted by molar-refractivity contribution is 0.336. The van der Waals surface area contributed by atoms with Crippen molar-refractivity contribution in [2.24, 2.45) is 5.73 Å². The first kappa shape index (κ1) is 13.4. The van der Waals surface area contributed by atoms with Crippen LogP contribution in [-0.4, -0.2) is 12.6 Å². The summed E-state index contributed by atoms with van der Waals surface area (Å²) in [5, 5.41) is 3.36. The van der Waals surface area contributed by atoms with Crippen LogP contribution in [-0.2, 0) is 0 Å². The van der Waals surface area contributed by atoms with Crippen LogP contribution < -0.4 is 11.1 Å². The molecule has 4 heteroatoms. The molecular weight excluding hydrogens is 234 g/mol. The van der Waals surface area contributed by atoms with Gasteiger partial charge in [0, 0.05) is 24.2 Å². The van der Waals surface area contributed by atoms with Gasteiger partial charge in [-0.1, -0.05) is 19.3 Å². The Morgan fingerprint density at radius 3 is 2.61 bits per heavy atom. The first-order valence-electron chi connectivity index (χ1n) is 6.62. The maximum atomic E-state index is 13.7. The second-order valence-corrected chi connectivity index (χ2v) is 4.96. The third kappa shape index (κ3) is 3.27. The molecule has 0 bridgehead atoms. The molecule has 1 fully saturated rings. The largest absolute Gasteiger partial charge is 0.329 e. The molecule has 1 aliphatic rings. The molecule has 1 aliphatic carbocycles. The van der Waals surface area contributed by atoms with Crippen LogP contribution in [0.1, 0.15) is 43.7 Å². The lowest BCUT2D eigenvalue weighted by Crippen LogP contribution is -2.38. The number of benzene rings is 1. The van der Waals surface area contributed by atoms with Crippen molar-refractivity contribution < 1.29 is 8.78 Å². The normalized spacial score (nSPS) is 18.8. The fourth-order valence-corrected chi connectivity index (χ4v) is 2.62. The molecule has 100 valence electrons. The molecule has 0 amide bonds. The van der Waals surface area contributed by atoms with Gasteiger partial charge in [-0.05, 0) is 31.0 Å². The van der Waals surface area contributed by atoms with Gasteiger partial charge in [0.05, 0.1) is 0 Å².